The summed E-state index contributed by atoms with van der Waals surface area (Å²) in [6.07, 6.45) is 3.81. The summed E-state index contributed by atoms with van der Waals surface area (Å²) in [5, 5.41) is 3.50. The van der Waals surface area contributed by atoms with E-state index >= 15 is 0 Å². The fourth-order valence-corrected chi connectivity index (χ4v) is 4.41. The van der Waals surface area contributed by atoms with Gasteiger partial charge in [0.25, 0.3) is 0 Å². The Balaban J connectivity index is 1.85. The molecule has 0 aliphatic heterocycles. The van der Waals surface area contributed by atoms with Crippen LogP contribution in [0.1, 0.15) is 37.2 Å². The summed E-state index contributed by atoms with van der Waals surface area (Å²) in [4.78, 5) is 41.7. The number of amides is 2. The number of rotatable bonds is 10. The van der Waals surface area contributed by atoms with Crippen LogP contribution in [0.3, 0.4) is 0 Å². The first-order chi connectivity index (χ1) is 16.7. The molecule has 1 aromatic carbocycles. The lowest BCUT2D eigenvalue weighted by Crippen LogP contribution is -2.57. The highest BCUT2D eigenvalue weighted by molar-refractivity contribution is 7.99. The molecule has 0 unspecified atom stereocenters. The van der Waals surface area contributed by atoms with Crippen molar-refractivity contribution in [1.29, 1.82) is 0 Å². The molecule has 1 atom stereocenters. The standard InChI is InChI=1S/C26H31N5O3S/c1-6-26(4,24(33)30-21-9-11-22(34-5)12-10-21)31(16-20-8-7-13-27-15-20)23(32)17-35-25-28-18(2)14-19(3)29-25/h7-15H,6,16-17H2,1-5H3,(H,30,33)/t26-/m0/s1. The Morgan fingerprint density at radius 3 is 2.37 bits per heavy atom. The van der Waals surface area contributed by atoms with Crippen molar-refractivity contribution in [2.75, 3.05) is 18.2 Å². The van der Waals surface area contributed by atoms with Crippen LogP contribution in [0.15, 0.2) is 60.0 Å². The topological polar surface area (TPSA) is 97.3 Å². The van der Waals surface area contributed by atoms with Crippen molar-refractivity contribution in [2.24, 2.45) is 0 Å². The highest BCUT2D eigenvalue weighted by atomic mass is 32.2. The summed E-state index contributed by atoms with van der Waals surface area (Å²) in [6.45, 7) is 7.73. The van der Waals surface area contributed by atoms with Gasteiger partial charge in [-0.05, 0) is 69.2 Å². The third-order valence-electron chi connectivity index (χ3n) is 5.77. The predicted octanol–water partition coefficient (Wildman–Crippen LogP) is 4.43. The van der Waals surface area contributed by atoms with E-state index in [0.717, 1.165) is 17.0 Å². The molecular weight excluding hydrogens is 462 g/mol. The fraction of sp³-hybridized carbons (Fsp3) is 0.346. The molecule has 35 heavy (non-hydrogen) atoms. The number of ether oxygens (including phenoxy) is 1. The van der Waals surface area contributed by atoms with Gasteiger partial charge in [0.2, 0.25) is 11.8 Å². The molecule has 1 N–H and O–H groups in total. The maximum atomic E-state index is 13.6. The summed E-state index contributed by atoms with van der Waals surface area (Å²) in [5.74, 6) is 0.348. The van der Waals surface area contributed by atoms with Gasteiger partial charge < -0.3 is 15.0 Å². The van der Waals surface area contributed by atoms with Crippen molar-refractivity contribution in [2.45, 2.75) is 51.4 Å². The largest absolute Gasteiger partial charge is 0.497 e. The van der Waals surface area contributed by atoms with Gasteiger partial charge in [0.1, 0.15) is 11.3 Å². The number of methoxy groups -OCH3 is 1. The van der Waals surface area contributed by atoms with Crippen LogP contribution >= 0.6 is 11.8 Å². The van der Waals surface area contributed by atoms with Crippen molar-refractivity contribution in [3.8, 4) is 5.75 Å². The van der Waals surface area contributed by atoms with Crippen LogP contribution in [-0.4, -0.2) is 50.1 Å². The highest BCUT2D eigenvalue weighted by Crippen LogP contribution is 2.27. The molecule has 184 valence electrons. The molecule has 8 nitrogen and oxygen atoms in total. The molecule has 0 saturated carbocycles. The summed E-state index contributed by atoms with van der Waals surface area (Å²) in [7, 11) is 1.59. The molecule has 2 amide bonds. The molecule has 3 aromatic rings. The average Bonchev–Trinajstić information content (AvgIpc) is 2.86. The quantitative estimate of drug-likeness (QED) is 0.330. The van der Waals surface area contributed by atoms with E-state index in [1.54, 1.807) is 55.6 Å². The monoisotopic (exact) mass is 493 g/mol. The third-order valence-corrected chi connectivity index (χ3v) is 6.60. The number of thioether (sulfide) groups is 1. The van der Waals surface area contributed by atoms with E-state index in [9.17, 15) is 9.59 Å². The number of nitrogens with one attached hydrogen (secondary N) is 1. The van der Waals surface area contributed by atoms with Crippen molar-refractivity contribution in [3.05, 3.63) is 71.8 Å². The summed E-state index contributed by atoms with van der Waals surface area (Å²) >= 11 is 1.27. The van der Waals surface area contributed by atoms with Crippen molar-refractivity contribution in [3.63, 3.8) is 0 Å². The van der Waals surface area contributed by atoms with Gasteiger partial charge in [0, 0.05) is 36.0 Å². The Labute approximate surface area is 210 Å². The van der Waals surface area contributed by atoms with Crippen LogP contribution in [-0.2, 0) is 16.1 Å². The van der Waals surface area contributed by atoms with Gasteiger partial charge in [-0.2, -0.15) is 0 Å². The zero-order chi connectivity index (χ0) is 25.4. The number of anilines is 1. The van der Waals surface area contributed by atoms with E-state index in [1.807, 2.05) is 39.0 Å². The zero-order valence-electron chi connectivity index (χ0n) is 20.7. The summed E-state index contributed by atoms with van der Waals surface area (Å²) in [6, 6.07) is 12.7. The molecule has 2 heterocycles. The minimum Gasteiger partial charge on any atom is -0.497 e. The number of carbonyl (C=O) groups is 2. The lowest BCUT2D eigenvalue weighted by molar-refractivity contribution is -0.143. The molecular formula is C26H31N5O3S. The minimum absolute atomic E-state index is 0.106. The minimum atomic E-state index is -1.10. The van der Waals surface area contributed by atoms with Crippen molar-refractivity contribution < 1.29 is 14.3 Å². The smallest absolute Gasteiger partial charge is 0.250 e. The van der Waals surface area contributed by atoms with E-state index in [2.05, 4.69) is 20.3 Å². The maximum Gasteiger partial charge on any atom is 0.250 e. The lowest BCUT2D eigenvalue weighted by atomic mass is 9.93. The van der Waals surface area contributed by atoms with Crippen LogP contribution in [0.2, 0.25) is 0 Å². The molecule has 2 aromatic heterocycles. The van der Waals surface area contributed by atoms with Crippen molar-refractivity contribution >= 4 is 29.3 Å². The predicted molar refractivity (Wildman–Crippen MR) is 137 cm³/mol. The number of pyridine rings is 1. The number of hydrogen-bond acceptors (Lipinski definition) is 7. The molecule has 9 heteroatoms. The average molecular weight is 494 g/mol. The van der Waals surface area contributed by atoms with E-state index < -0.39 is 5.54 Å². The summed E-state index contributed by atoms with van der Waals surface area (Å²) < 4.78 is 5.19. The molecule has 0 saturated heterocycles. The Morgan fingerprint density at radius 2 is 1.80 bits per heavy atom. The number of nitrogens with zero attached hydrogens (tertiary/aromatic N) is 4. The van der Waals surface area contributed by atoms with Crippen LogP contribution in [0, 0.1) is 13.8 Å². The van der Waals surface area contributed by atoms with E-state index in [4.69, 9.17) is 4.74 Å². The molecule has 0 radical (unpaired) electrons. The number of aryl methyl sites for hydroxylation is 2. The van der Waals surface area contributed by atoms with Crippen LogP contribution < -0.4 is 10.1 Å². The number of hydrogen-bond donors (Lipinski definition) is 1. The first-order valence-electron chi connectivity index (χ1n) is 11.3. The first-order valence-corrected chi connectivity index (χ1v) is 12.3. The number of aromatic nitrogens is 3. The molecule has 0 aliphatic rings. The fourth-order valence-electron chi connectivity index (χ4n) is 3.59. The molecule has 0 bridgehead atoms. The van der Waals surface area contributed by atoms with Gasteiger partial charge in [-0.1, -0.05) is 24.8 Å². The molecule has 0 fully saturated rings. The van der Waals surface area contributed by atoms with Gasteiger partial charge in [-0.3, -0.25) is 14.6 Å². The Bertz CT molecular complexity index is 1140. The van der Waals surface area contributed by atoms with E-state index in [1.165, 1.54) is 11.8 Å². The van der Waals surface area contributed by atoms with Crippen LogP contribution in [0.5, 0.6) is 5.75 Å². The Hall–Kier alpha value is -3.46. The number of carbonyl (C=O) groups excluding carboxylic acids is 2. The lowest BCUT2D eigenvalue weighted by Gasteiger charge is -2.39. The molecule has 3 rings (SSSR count). The van der Waals surface area contributed by atoms with E-state index in [0.29, 0.717) is 23.0 Å². The number of benzene rings is 1. The van der Waals surface area contributed by atoms with Gasteiger partial charge in [-0.25, -0.2) is 9.97 Å². The van der Waals surface area contributed by atoms with Crippen LogP contribution in [0.4, 0.5) is 5.69 Å². The highest BCUT2D eigenvalue weighted by Gasteiger charge is 2.40. The first kappa shape index (κ1) is 26.2. The van der Waals surface area contributed by atoms with Crippen molar-refractivity contribution in [1.82, 2.24) is 19.9 Å². The zero-order valence-corrected chi connectivity index (χ0v) is 21.6. The maximum absolute atomic E-state index is 13.6. The Morgan fingerprint density at radius 1 is 1.11 bits per heavy atom. The second-order valence-electron chi connectivity index (χ2n) is 8.37. The third kappa shape index (κ3) is 6.79. The normalized spacial score (nSPS) is 12.5. The molecule has 0 spiro atoms. The second-order valence-corrected chi connectivity index (χ2v) is 9.32. The second kappa shape index (κ2) is 11.8. The van der Waals surface area contributed by atoms with Gasteiger partial charge in [-0.15, -0.1) is 0 Å². The Kier molecular flexibility index (Phi) is 8.81. The van der Waals surface area contributed by atoms with Crippen LogP contribution in [0.25, 0.3) is 0 Å². The SMILES string of the molecule is CC[C@@](C)(C(=O)Nc1ccc(OC)cc1)N(Cc1cccnc1)C(=O)CSc1nc(C)cc(C)n1. The van der Waals surface area contributed by atoms with Gasteiger partial charge in [0.05, 0.1) is 12.9 Å². The van der Waals surface area contributed by atoms with Gasteiger partial charge in [0.15, 0.2) is 5.16 Å². The molecule has 0 aliphatic carbocycles. The van der Waals surface area contributed by atoms with Gasteiger partial charge >= 0.3 is 0 Å². The summed E-state index contributed by atoms with van der Waals surface area (Å²) in [5.41, 5.74) is 2.05. The van der Waals surface area contributed by atoms with E-state index in [-0.39, 0.29) is 24.1 Å².